The minimum Gasteiger partial charge on any atom is -0.271 e. The van der Waals surface area contributed by atoms with Crippen molar-refractivity contribution in [3.63, 3.8) is 0 Å². The summed E-state index contributed by atoms with van der Waals surface area (Å²) in [4.78, 5) is 8.41. The second-order valence-corrected chi connectivity index (χ2v) is 7.65. The summed E-state index contributed by atoms with van der Waals surface area (Å²) in [6.45, 7) is 3.53. The molecule has 0 atom stereocenters. The Balaban J connectivity index is 1.69. The Kier molecular flexibility index (Phi) is 5.72. The second-order valence-electron chi connectivity index (χ2n) is 7.27. The Hall–Kier alpha value is -3.64. The fourth-order valence-electron chi connectivity index (χ4n) is 3.55. The molecule has 3 aromatic heterocycles. The van der Waals surface area contributed by atoms with Crippen LogP contribution in [0.25, 0.3) is 17.1 Å². The molecule has 0 N–H and O–H groups in total. The lowest BCUT2D eigenvalue weighted by molar-refractivity contribution is 0.142. The number of nitriles is 1. The van der Waals surface area contributed by atoms with Crippen molar-refractivity contribution >= 4 is 11.6 Å². The Morgan fingerprint density at radius 3 is 2.50 bits per heavy atom. The smallest absolute Gasteiger partial charge is 0.271 e. The molecule has 1 aromatic carbocycles. The summed E-state index contributed by atoms with van der Waals surface area (Å²) in [6, 6.07) is 10.9. The lowest BCUT2D eigenvalue weighted by atomic mass is 10.0. The third-order valence-electron chi connectivity index (χ3n) is 5.22. The van der Waals surface area contributed by atoms with Crippen LogP contribution in [0.1, 0.15) is 40.3 Å². The minimum atomic E-state index is -2.79. The van der Waals surface area contributed by atoms with Crippen LogP contribution in [-0.2, 0) is 13.5 Å². The van der Waals surface area contributed by atoms with Crippen LogP contribution in [0.5, 0.6) is 0 Å². The third kappa shape index (κ3) is 3.85. The molecule has 7 nitrogen and oxygen atoms in total. The van der Waals surface area contributed by atoms with Gasteiger partial charge >= 0.3 is 0 Å². The lowest BCUT2D eigenvalue weighted by Crippen LogP contribution is -2.08. The molecule has 0 saturated carbocycles. The SMILES string of the molecule is Cc1nn(-c2cc(Cc3c(C)c(-c4ccc(C#N)cc4)nn3C)ncn2)c(C(F)F)c1Cl. The van der Waals surface area contributed by atoms with Crippen molar-refractivity contribution in [2.45, 2.75) is 26.7 Å². The zero-order chi connectivity index (χ0) is 23.0. The van der Waals surface area contributed by atoms with Crippen molar-refractivity contribution in [2.24, 2.45) is 7.05 Å². The van der Waals surface area contributed by atoms with Gasteiger partial charge in [-0.3, -0.25) is 4.68 Å². The third-order valence-corrected chi connectivity index (χ3v) is 5.69. The van der Waals surface area contributed by atoms with E-state index >= 15 is 0 Å². The minimum absolute atomic E-state index is 0.0744. The van der Waals surface area contributed by atoms with Crippen LogP contribution in [-0.4, -0.2) is 29.5 Å². The average molecular weight is 454 g/mol. The fourth-order valence-corrected chi connectivity index (χ4v) is 3.75. The molecule has 0 fully saturated rings. The second kappa shape index (κ2) is 8.48. The summed E-state index contributed by atoms with van der Waals surface area (Å²) < 4.78 is 29.9. The maximum atomic E-state index is 13.5. The van der Waals surface area contributed by atoms with Crippen LogP contribution in [0.15, 0.2) is 36.7 Å². The molecule has 0 aliphatic rings. The van der Waals surface area contributed by atoms with Crippen LogP contribution in [0.3, 0.4) is 0 Å². The summed E-state index contributed by atoms with van der Waals surface area (Å²) in [7, 11) is 1.84. The summed E-state index contributed by atoms with van der Waals surface area (Å²) in [5.41, 5.74) is 4.68. The number of alkyl halides is 2. The maximum Gasteiger partial charge on any atom is 0.282 e. The molecule has 0 aliphatic carbocycles. The van der Waals surface area contributed by atoms with E-state index in [0.29, 0.717) is 23.4 Å². The standard InChI is InChI=1S/C22H18ClF2N7/c1-12-17(31(3)30-20(12)15-6-4-14(10-26)5-7-15)8-16-9-18(28-11-27-16)32-21(22(24)25)19(23)13(2)29-32/h4-7,9,11,22H,8H2,1-3H3. The summed E-state index contributed by atoms with van der Waals surface area (Å²) >= 11 is 6.01. The largest absolute Gasteiger partial charge is 0.282 e. The molecule has 0 amide bonds. The summed E-state index contributed by atoms with van der Waals surface area (Å²) in [6.07, 6.45) is -1.06. The highest BCUT2D eigenvalue weighted by atomic mass is 35.5. The quantitative estimate of drug-likeness (QED) is 0.436. The van der Waals surface area contributed by atoms with Gasteiger partial charge in [0, 0.05) is 30.8 Å². The zero-order valence-electron chi connectivity index (χ0n) is 17.5. The molecular formula is C22H18ClF2N7. The molecule has 0 unspecified atom stereocenters. The first-order valence-corrected chi connectivity index (χ1v) is 10.1. The van der Waals surface area contributed by atoms with Gasteiger partial charge in [-0.2, -0.15) is 15.5 Å². The van der Waals surface area contributed by atoms with Crippen LogP contribution >= 0.6 is 11.6 Å². The highest BCUT2D eigenvalue weighted by Gasteiger charge is 2.24. The van der Waals surface area contributed by atoms with E-state index < -0.39 is 12.1 Å². The fraction of sp³-hybridized carbons (Fsp3) is 0.227. The van der Waals surface area contributed by atoms with E-state index in [1.54, 1.807) is 29.8 Å². The molecule has 32 heavy (non-hydrogen) atoms. The number of benzene rings is 1. The highest BCUT2D eigenvalue weighted by Crippen LogP contribution is 2.31. The van der Waals surface area contributed by atoms with Crippen molar-refractivity contribution in [3.05, 3.63) is 75.6 Å². The van der Waals surface area contributed by atoms with E-state index in [-0.39, 0.29) is 10.8 Å². The van der Waals surface area contributed by atoms with E-state index in [0.717, 1.165) is 27.2 Å². The van der Waals surface area contributed by atoms with Gasteiger partial charge in [-0.25, -0.2) is 23.4 Å². The van der Waals surface area contributed by atoms with Gasteiger partial charge in [0.05, 0.1) is 33.7 Å². The van der Waals surface area contributed by atoms with Crippen molar-refractivity contribution < 1.29 is 8.78 Å². The van der Waals surface area contributed by atoms with Gasteiger partial charge < -0.3 is 0 Å². The van der Waals surface area contributed by atoms with Crippen molar-refractivity contribution in [1.29, 1.82) is 5.26 Å². The molecule has 0 spiro atoms. The van der Waals surface area contributed by atoms with Gasteiger partial charge in [0.2, 0.25) is 0 Å². The normalized spacial score (nSPS) is 11.2. The Bertz CT molecular complexity index is 1330. The number of nitrogens with zero attached hydrogens (tertiary/aromatic N) is 7. The number of rotatable bonds is 5. The van der Waals surface area contributed by atoms with Crippen LogP contribution in [0, 0.1) is 25.2 Å². The van der Waals surface area contributed by atoms with Crippen LogP contribution in [0.2, 0.25) is 5.02 Å². The summed E-state index contributed by atoms with van der Waals surface area (Å²) in [5.74, 6) is 0.215. The van der Waals surface area contributed by atoms with Gasteiger partial charge in [0.1, 0.15) is 12.0 Å². The van der Waals surface area contributed by atoms with Crippen molar-refractivity contribution in [1.82, 2.24) is 29.5 Å². The Labute approximate surface area is 187 Å². The first-order chi connectivity index (χ1) is 15.3. The highest BCUT2D eigenvalue weighted by molar-refractivity contribution is 6.31. The van der Waals surface area contributed by atoms with E-state index in [9.17, 15) is 8.78 Å². The Morgan fingerprint density at radius 1 is 1.12 bits per heavy atom. The molecule has 3 heterocycles. The van der Waals surface area contributed by atoms with E-state index in [4.69, 9.17) is 16.9 Å². The molecule has 10 heteroatoms. The van der Waals surface area contributed by atoms with Crippen LogP contribution < -0.4 is 0 Å². The molecule has 0 radical (unpaired) electrons. The average Bonchev–Trinajstić information content (AvgIpc) is 3.24. The molecule has 0 aliphatic heterocycles. The maximum absolute atomic E-state index is 13.5. The number of aromatic nitrogens is 6. The first-order valence-electron chi connectivity index (χ1n) is 9.67. The van der Waals surface area contributed by atoms with Gasteiger partial charge in [-0.05, 0) is 31.5 Å². The van der Waals surface area contributed by atoms with Gasteiger partial charge in [-0.15, -0.1) is 0 Å². The van der Waals surface area contributed by atoms with Gasteiger partial charge in [-0.1, -0.05) is 23.7 Å². The number of hydrogen-bond donors (Lipinski definition) is 0. The molecule has 0 saturated heterocycles. The first kappa shape index (κ1) is 21.6. The predicted molar refractivity (Wildman–Crippen MR) is 115 cm³/mol. The van der Waals surface area contributed by atoms with Crippen molar-refractivity contribution in [3.8, 4) is 23.1 Å². The topological polar surface area (TPSA) is 85.2 Å². The molecule has 4 rings (SSSR count). The summed E-state index contributed by atoms with van der Waals surface area (Å²) in [5, 5.41) is 17.7. The van der Waals surface area contributed by atoms with E-state index in [1.165, 1.54) is 6.33 Å². The number of halogens is 3. The zero-order valence-corrected chi connectivity index (χ0v) is 18.3. The van der Waals surface area contributed by atoms with Gasteiger partial charge in [0.25, 0.3) is 6.43 Å². The molecule has 4 aromatic rings. The Morgan fingerprint density at radius 2 is 1.84 bits per heavy atom. The van der Waals surface area contributed by atoms with Crippen LogP contribution in [0.4, 0.5) is 8.78 Å². The number of aryl methyl sites for hydroxylation is 2. The van der Waals surface area contributed by atoms with Crippen molar-refractivity contribution in [2.75, 3.05) is 0 Å². The molecule has 162 valence electrons. The predicted octanol–water partition coefficient (Wildman–Crippen LogP) is 4.73. The monoisotopic (exact) mass is 453 g/mol. The lowest BCUT2D eigenvalue weighted by Gasteiger charge is -2.08. The van der Waals surface area contributed by atoms with Gasteiger partial charge in [0.15, 0.2) is 5.82 Å². The molecular weight excluding hydrogens is 436 g/mol. The van der Waals surface area contributed by atoms with E-state index in [2.05, 4.69) is 26.2 Å². The molecule has 0 bridgehead atoms. The van der Waals surface area contributed by atoms with E-state index in [1.807, 2.05) is 26.1 Å². The number of hydrogen-bond acceptors (Lipinski definition) is 5.